The lowest BCUT2D eigenvalue weighted by Crippen LogP contribution is -2.48. The van der Waals surface area contributed by atoms with E-state index in [9.17, 15) is 29.4 Å². The number of aliphatic hydroxyl groups is 1. The normalized spacial score (nSPS) is 16.9. The molecule has 1 unspecified atom stereocenters. The van der Waals surface area contributed by atoms with Crippen LogP contribution in [0.25, 0.3) is 10.2 Å². The molecule has 0 saturated heterocycles. The highest BCUT2D eigenvalue weighted by Crippen LogP contribution is 2.41. The van der Waals surface area contributed by atoms with Crippen molar-refractivity contribution in [3.8, 4) is 0 Å². The number of quaternary nitrogens is 1. The van der Waals surface area contributed by atoms with Crippen molar-refractivity contribution in [3.05, 3.63) is 61.1 Å². The number of aliphatic hydroxyl groups excluding tert-OH is 1. The zero-order valence-electron chi connectivity index (χ0n) is 20.4. The number of aromatic nitrogens is 2. The van der Waals surface area contributed by atoms with Gasteiger partial charge in [0.25, 0.3) is 11.5 Å². The molecule has 0 saturated carbocycles. The van der Waals surface area contributed by atoms with Crippen molar-refractivity contribution in [1.29, 1.82) is 0 Å². The van der Waals surface area contributed by atoms with Crippen LogP contribution in [-0.4, -0.2) is 63.0 Å². The minimum atomic E-state index is -1.42. The van der Waals surface area contributed by atoms with Crippen LogP contribution in [0.4, 0.5) is 10.5 Å². The summed E-state index contributed by atoms with van der Waals surface area (Å²) in [6.45, 7) is 3.24. The van der Waals surface area contributed by atoms with Crippen LogP contribution in [0.5, 0.6) is 0 Å². The average Bonchev–Trinajstić information content (AvgIpc) is 3.41. The van der Waals surface area contributed by atoms with E-state index in [1.54, 1.807) is 18.2 Å². The standard InChI is InChI=1S/C23H25N5O7S/c1-12(2)10-27-21-16(19(30)25(3)22(27)32)15(20(31)26(4)35-5)18(36-21)17-13-8-6-7-9-14(13)28(11-29,24-17)23(33)34/h6-9,12,29H,10-11H2,1-5H3/p+1. The third-order valence-corrected chi connectivity index (χ3v) is 7.28. The van der Waals surface area contributed by atoms with Gasteiger partial charge in [-0.15, -0.1) is 11.3 Å². The van der Waals surface area contributed by atoms with Gasteiger partial charge in [0.2, 0.25) is 6.73 Å². The van der Waals surface area contributed by atoms with E-state index in [0.29, 0.717) is 5.56 Å². The molecule has 1 aliphatic heterocycles. The number of hydroxylamine groups is 2. The Labute approximate surface area is 209 Å². The molecule has 2 N–H and O–H groups in total. The lowest BCUT2D eigenvalue weighted by Gasteiger charge is -2.19. The third kappa shape index (κ3) is 3.59. The monoisotopic (exact) mass is 516 g/mol. The molecule has 0 aliphatic carbocycles. The first-order chi connectivity index (χ1) is 17.0. The van der Waals surface area contributed by atoms with Gasteiger partial charge in [-0.2, -0.15) is 4.79 Å². The summed E-state index contributed by atoms with van der Waals surface area (Å²) in [5.41, 5.74) is -0.572. The third-order valence-electron chi connectivity index (χ3n) is 6.06. The predicted octanol–water partition coefficient (Wildman–Crippen LogP) is 1.75. The molecule has 12 nitrogen and oxygen atoms in total. The number of hydrogen-bond donors (Lipinski definition) is 2. The van der Waals surface area contributed by atoms with Gasteiger partial charge < -0.3 is 10.2 Å². The average molecular weight is 517 g/mol. The van der Waals surface area contributed by atoms with Crippen molar-refractivity contribution in [3.63, 3.8) is 0 Å². The van der Waals surface area contributed by atoms with Crippen molar-refractivity contribution >= 4 is 45.0 Å². The molecule has 1 aromatic carbocycles. The number of benzene rings is 1. The molecule has 1 atom stereocenters. The number of para-hydroxylation sites is 1. The number of carbonyl (C=O) groups excluding carboxylic acids is 1. The van der Waals surface area contributed by atoms with Crippen molar-refractivity contribution in [2.75, 3.05) is 20.9 Å². The number of fused-ring (bicyclic) bond motifs is 2. The molecular formula is C23H26N5O7S+. The Morgan fingerprint density at radius 2 is 1.92 bits per heavy atom. The zero-order chi connectivity index (χ0) is 26.5. The molecule has 0 bridgehead atoms. The molecule has 3 heterocycles. The number of hydrogen-bond acceptors (Lipinski definition) is 8. The van der Waals surface area contributed by atoms with Crippen LogP contribution in [0.1, 0.15) is 34.6 Å². The quantitative estimate of drug-likeness (QED) is 0.375. The highest BCUT2D eigenvalue weighted by molar-refractivity contribution is 7.21. The Hall–Kier alpha value is -3.65. The van der Waals surface area contributed by atoms with Gasteiger partial charge in [0.05, 0.1) is 28.5 Å². The molecule has 2 amide bonds. The Balaban J connectivity index is 2.19. The van der Waals surface area contributed by atoms with Gasteiger partial charge in [-0.3, -0.25) is 23.6 Å². The van der Waals surface area contributed by atoms with E-state index in [1.165, 1.54) is 31.8 Å². The van der Waals surface area contributed by atoms with E-state index in [-0.39, 0.29) is 44.5 Å². The van der Waals surface area contributed by atoms with Crippen LogP contribution < -0.4 is 15.8 Å². The number of thiophene rings is 1. The second-order valence-electron chi connectivity index (χ2n) is 8.78. The topological polar surface area (TPSA) is 143 Å². The summed E-state index contributed by atoms with van der Waals surface area (Å²) in [4.78, 5) is 57.8. The number of amides is 2. The van der Waals surface area contributed by atoms with Gasteiger partial charge >= 0.3 is 11.8 Å². The second-order valence-corrected chi connectivity index (χ2v) is 9.78. The van der Waals surface area contributed by atoms with E-state index in [1.807, 2.05) is 13.8 Å². The summed E-state index contributed by atoms with van der Waals surface area (Å²) < 4.78 is 1.23. The number of nitrogens with zero attached hydrogens (tertiary/aromatic N) is 5. The highest BCUT2D eigenvalue weighted by Gasteiger charge is 2.49. The molecule has 0 fully saturated rings. The van der Waals surface area contributed by atoms with Crippen molar-refractivity contribution < 1.29 is 24.6 Å². The molecular weight excluding hydrogens is 490 g/mol. The van der Waals surface area contributed by atoms with Crippen LogP contribution in [0, 0.1) is 5.92 Å². The largest absolute Gasteiger partial charge is 0.548 e. The SMILES string of the molecule is CON(C)C(=O)c1c(C2=N[N+](CO)(C(=O)O)c3ccccc32)sc2c1c(=O)n(C)c(=O)n2CC(C)C. The van der Waals surface area contributed by atoms with Gasteiger partial charge in [-0.25, -0.2) is 9.86 Å². The van der Waals surface area contributed by atoms with Gasteiger partial charge in [0, 0.05) is 26.7 Å². The van der Waals surface area contributed by atoms with Crippen LogP contribution >= 0.6 is 11.3 Å². The summed E-state index contributed by atoms with van der Waals surface area (Å²) in [6.07, 6.45) is -1.42. The van der Waals surface area contributed by atoms with Crippen LogP contribution in [0.15, 0.2) is 39.0 Å². The van der Waals surface area contributed by atoms with Gasteiger partial charge in [0.15, 0.2) is 11.4 Å². The molecule has 0 spiro atoms. The van der Waals surface area contributed by atoms with Crippen molar-refractivity contribution in [2.24, 2.45) is 18.1 Å². The van der Waals surface area contributed by atoms with Crippen molar-refractivity contribution in [2.45, 2.75) is 20.4 Å². The van der Waals surface area contributed by atoms with Gasteiger partial charge in [-0.05, 0) is 16.6 Å². The molecule has 190 valence electrons. The first-order valence-electron chi connectivity index (χ1n) is 11.0. The smallest absolute Gasteiger partial charge is 0.433 e. The van der Waals surface area contributed by atoms with E-state index >= 15 is 0 Å². The Bertz CT molecular complexity index is 1550. The lowest BCUT2D eigenvalue weighted by molar-refractivity contribution is -0.0755. The Kier molecular flexibility index (Phi) is 6.43. The summed E-state index contributed by atoms with van der Waals surface area (Å²) in [7, 11) is 4.01. The zero-order valence-corrected chi connectivity index (χ0v) is 21.2. The number of carbonyl (C=O) groups is 2. The van der Waals surface area contributed by atoms with Crippen molar-refractivity contribution in [1.82, 2.24) is 18.8 Å². The maximum atomic E-state index is 13.5. The highest BCUT2D eigenvalue weighted by atomic mass is 32.1. The Morgan fingerprint density at radius 1 is 1.25 bits per heavy atom. The minimum absolute atomic E-state index is 0.0103. The molecule has 4 rings (SSSR count). The summed E-state index contributed by atoms with van der Waals surface area (Å²) >= 11 is 1.00. The summed E-state index contributed by atoms with van der Waals surface area (Å²) in [5, 5.41) is 25.4. The van der Waals surface area contributed by atoms with E-state index in [2.05, 4.69) is 5.10 Å². The van der Waals surface area contributed by atoms with Crippen LogP contribution in [-0.2, 0) is 18.4 Å². The molecule has 0 radical (unpaired) electrons. The van der Waals surface area contributed by atoms with Gasteiger partial charge in [-0.1, -0.05) is 31.1 Å². The van der Waals surface area contributed by atoms with E-state index < -0.39 is 34.6 Å². The van der Waals surface area contributed by atoms with Crippen LogP contribution in [0.3, 0.4) is 0 Å². The number of carboxylic acid groups (broad SMARTS) is 1. The maximum Gasteiger partial charge on any atom is 0.548 e. The lowest BCUT2D eigenvalue weighted by atomic mass is 10.0. The fourth-order valence-corrected chi connectivity index (χ4v) is 5.51. The Morgan fingerprint density at radius 3 is 2.50 bits per heavy atom. The fraction of sp³-hybridized carbons (Fsp3) is 0.348. The summed E-state index contributed by atoms with van der Waals surface area (Å²) in [6, 6.07) is 6.46. The molecule has 36 heavy (non-hydrogen) atoms. The fourth-order valence-electron chi connectivity index (χ4n) is 4.22. The number of rotatable bonds is 6. The second kappa shape index (κ2) is 9.09. The predicted molar refractivity (Wildman–Crippen MR) is 134 cm³/mol. The maximum absolute atomic E-state index is 13.5. The summed E-state index contributed by atoms with van der Waals surface area (Å²) in [5.74, 6) is -0.625. The molecule has 2 aromatic heterocycles. The first kappa shape index (κ1) is 25.4. The molecule has 1 aliphatic rings. The van der Waals surface area contributed by atoms with Gasteiger partial charge in [0.1, 0.15) is 4.83 Å². The minimum Gasteiger partial charge on any atom is -0.433 e. The molecule has 13 heteroatoms. The molecule has 3 aromatic rings. The van der Waals surface area contributed by atoms with E-state index in [4.69, 9.17) is 4.84 Å². The van der Waals surface area contributed by atoms with E-state index in [0.717, 1.165) is 21.0 Å². The first-order valence-corrected chi connectivity index (χ1v) is 11.8. The van der Waals surface area contributed by atoms with Crippen LogP contribution in [0.2, 0.25) is 0 Å².